The Morgan fingerprint density at radius 1 is 1.38 bits per heavy atom. The van der Waals surface area contributed by atoms with E-state index >= 15 is 0 Å². The topological polar surface area (TPSA) is 77.8 Å². The quantitative estimate of drug-likeness (QED) is 0.811. The first-order valence-electron chi connectivity index (χ1n) is 3.67. The van der Waals surface area contributed by atoms with Crippen LogP contribution >= 0.6 is 35.0 Å². The van der Waals surface area contributed by atoms with Gasteiger partial charge in [-0.1, -0.05) is 0 Å². The van der Waals surface area contributed by atoms with Gasteiger partial charge in [-0.15, -0.1) is 12.4 Å². The maximum absolute atomic E-state index is 5.75. The van der Waals surface area contributed by atoms with Crippen molar-refractivity contribution in [2.75, 3.05) is 6.54 Å². The van der Waals surface area contributed by atoms with E-state index in [0.29, 0.717) is 12.4 Å². The second kappa shape index (κ2) is 6.47. The molecule has 0 amide bonds. The Morgan fingerprint density at radius 3 is 2.38 bits per heavy atom. The van der Waals surface area contributed by atoms with Gasteiger partial charge in [0, 0.05) is 16.0 Å². The summed E-state index contributed by atoms with van der Waals surface area (Å²) in [6.45, 7) is 0.566. The van der Waals surface area contributed by atoms with Gasteiger partial charge in [-0.3, -0.25) is 0 Å². The van der Waals surface area contributed by atoms with E-state index in [0.717, 1.165) is 9.99 Å². The zero-order chi connectivity index (χ0) is 8.97. The van der Waals surface area contributed by atoms with Crippen molar-refractivity contribution in [1.29, 1.82) is 0 Å². The molecule has 0 aromatic carbocycles. The Morgan fingerprint density at radius 2 is 1.92 bits per heavy atom. The van der Waals surface area contributed by atoms with Gasteiger partial charge in [0.15, 0.2) is 0 Å². The second-order valence-electron chi connectivity index (χ2n) is 2.44. The maximum atomic E-state index is 5.75. The molecule has 4 nitrogen and oxygen atoms in total. The standard InChI is InChI=1S/C7H11IN4.ClH/c8-5-3-11-7(12-4-5)6(10)1-2-9;/h3-4,6H,1-2,9-10H2;1H. The van der Waals surface area contributed by atoms with Crippen LogP contribution in [0.5, 0.6) is 0 Å². The Hall–Kier alpha value is 0.0200. The fourth-order valence-corrected chi connectivity index (χ4v) is 1.10. The third-order valence-corrected chi connectivity index (χ3v) is 2.01. The minimum Gasteiger partial charge on any atom is -0.330 e. The first kappa shape index (κ1) is 13.0. The van der Waals surface area contributed by atoms with Crippen LogP contribution < -0.4 is 11.5 Å². The molecule has 4 N–H and O–H groups in total. The molecule has 0 spiro atoms. The smallest absolute Gasteiger partial charge is 0.144 e. The zero-order valence-electron chi connectivity index (χ0n) is 6.98. The van der Waals surface area contributed by atoms with Crippen molar-refractivity contribution in [1.82, 2.24) is 9.97 Å². The van der Waals surface area contributed by atoms with Crippen molar-refractivity contribution in [2.24, 2.45) is 11.5 Å². The highest BCUT2D eigenvalue weighted by Crippen LogP contribution is 2.08. The first-order valence-corrected chi connectivity index (χ1v) is 4.75. The van der Waals surface area contributed by atoms with Crippen LogP contribution in [0.2, 0.25) is 0 Å². The van der Waals surface area contributed by atoms with Gasteiger partial charge in [-0.05, 0) is 35.6 Å². The van der Waals surface area contributed by atoms with Crippen molar-refractivity contribution in [2.45, 2.75) is 12.5 Å². The molecule has 1 heterocycles. The van der Waals surface area contributed by atoms with Crippen LogP contribution in [-0.4, -0.2) is 16.5 Å². The van der Waals surface area contributed by atoms with Crippen molar-refractivity contribution in [3.8, 4) is 0 Å². The van der Waals surface area contributed by atoms with E-state index in [4.69, 9.17) is 11.5 Å². The molecule has 0 aliphatic rings. The molecule has 1 aromatic heterocycles. The van der Waals surface area contributed by atoms with Crippen LogP contribution in [0.1, 0.15) is 18.3 Å². The minimum absolute atomic E-state index is 0. The molecule has 1 rings (SSSR count). The summed E-state index contributed by atoms with van der Waals surface area (Å²) in [5.41, 5.74) is 11.1. The number of hydrogen-bond donors (Lipinski definition) is 2. The average molecular weight is 315 g/mol. The Balaban J connectivity index is 0.00000144. The fourth-order valence-electron chi connectivity index (χ4n) is 0.822. The lowest BCUT2D eigenvalue weighted by atomic mass is 10.2. The molecule has 0 radical (unpaired) electrons. The molecule has 1 atom stereocenters. The Kier molecular flexibility index (Phi) is 6.48. The average Bonchev–Trinajstić information content (AvgIpc) is 2.06. The Bertz CT molecular complexity index is 241. The number of aromatic nitrogens is 2. The van der Waals surface area contributed by atoms with E-state index in [9.17, 15) is 0 Å². The van der Waals surface area contributed by atoms with Gasteiger partial charge in [0.05, 0.1) is 6.04 Å². The lowest BCUT2D eigenvalue weighted by molar-refractivity contribution is 0.620. The SMILES string of the molecule is Cl.NCCC(N)c1ncc(I)cn1. The third kappa shape index (κ3) is 4.17. The van der Waals surface area contributed by atoms with Gasteiger partial charge in [0.25, 0.3) is 0 Å². The zero-order valence-corrected chi connectivity index (χ0v) is 9.96. The molecule has 13 heavy (non-hydrogen) atoms. The Labute approximate surface area is 97.1 Å². The molecule has 0 fully saturated rings. The summed E-state index contributed by atoms with van der Waals surface area (Å²) < 4.78 is 1.01. The predicted octanol–water partition coefficient (Wildman–Crippen LogP) is 0.852. The second-order valence-corrected chi connectivity index (χ2v) is 3.69. The fraction of sp³-hybridized carbons (Fsp3) is 0.429. The maximum Gasteiger partial charge on any atom is 0.144 e. The summed E-state index contributed by atoms with van der Waals surface area (Å²) in [5, 5.41) is 0. The largest absolute Gasteiger partial charge is 0.330 e. The van der Waals surface area contributed by atoms with E-state index in [1.54, 1.807) is 12.4 Å². The summed E-state index contributed by atoms with van der Waals surface area (Å²) in [6, 6.07) is -0.132. The van der Waals surface area contributed by atoms with E-state index in [-0.39, 0.29) is 18.4 Å². The van der Waals surface area contributed by atoms with Crippen molar-refractivity contribution in [3.63, 3.8) is 0 Å². The van der Waals surface area contributed by atoms with E-state index in [1.165, 1.54) is 0 Å². The number of nitrogens with zero attached hydrogens (tertiary/aromatic N) is 2. The normalized spacial score (nSPS) is 11.9. The molecule has 1 aromatic rings. The summed E-state index contributed by atoms with van der Waals surface area (Å²) in [4.78, 5) is 8.20. The molecule has 74 valence electrons. The third-order valence-electron chi connectivity index (χ3n) is 1.45. The summed E-state index contributed by atoms with van der Waals surface area (Å²) in [7, 11) is 0. The highest BCUT2D eigenvalue weighted by atomic mass is 127. The molecular weight excluding hydrogens is 302 g/mol. The molecule has 6 heteroatoms. The highest BCUT2D eigenvalue weighted by molar-refractivity contribution is 14.1. The molecule has 0 aliphatic heterocycles. The molecular formula is C7H12ClIN4. The summed E-state index contributed by atoms with van der Waals surface area (Å²) in [6.07, 6.45) is 4.22. The summed E-state index contributed by atoms with van der Waals surface area (Å²) in [5.74, 6) is 0.667. The monoisotopic (exact) mass is 314 g/mol. The number of hydrogen-bond acceptors (Lipinski definition) is 4. The van der Waals surface area contributed by atoms with Crippen LogP contribution in [0.25, 0.3) is 0 Å². The van der Waals surface area contributed by atoms with Gasteiger partial charge in [-0.25, -0.2) is 9.97 Å². The van der Waals surface area contributed by atoms with Crippen LogP contribution in [-0.2, 0) is 0 Å². The van der Waals surface area contributed by atoms with Crippen molar-refractivity contribution >= 4 is 35.0 Å². The van der Waals surface area contributed by atoms with E-state index in [1.807, 2.05) is 0 Å². The summed E-state index contributed by atoms with van der Waals surface area (Å²) >= 11 is 2.15. The first-order chi connectivity index (χ1) is 5.74. The van der Waals surface area contributed by atoms with Gasteiger partial charge in [0.1, 0.15) is 5.82 Å². The van der Waals surface area contributed by atoms with Crippen LogP contribution in [0.3, 0.4) is 0 Å². The number of rotatable bonds is 3. The van der Waals surface area contributed by atoms with Gasteiger partial charge in [0.2, 0.25) is 0 Å². The highest BCUT2D eigenvalue weighted by Gasteiger charge is 2.06. The predicted molar refractivity (Wildman–Crippen MR) is 62.6 cm³/mol. The van der Waals surface area contributed by atoms with Gasteiger partial charge >= 0.3 is 0 Å². The lowest BCUT2D eigenvalue weighted by Gasteiger charge is -2.07. The minimum atomic E-state index is -0.132. The van der Waals surface area contributed by atoms with Crippen LogP contribution in [0.15, 0.2) is 12.4 Å². The number of nitrogens with two attached hydrogens (primary N) is 2. The van der Waals surface area contributed by atoms with Crippen molar-refractivity contribution in [3.05, 3.63) is 21.8 Å². The molecule has 0 saturated heterocycles. The van der Waals surface area contributed by atoms with Crippen molar-refractivity contribution < 1.29 is 0 Å². The molecule has 0 saturated carbocycles. The van der Waals surface area contributed by atoms with Crippen LogP contribution in [0.4, 0.5) is 0 Å². The van der Waals surface area contributed by atoms with E-state index in [2.05, 4.69) is 32.6 Å². The lowest BCUT2D eigenvalue weighted by Crippen LogP contribution is -2.17. The molecule has 0 aliphatic carbocycles. The van der Waals surface area contributed by atoms with Gasteiger partial charge in [-0.2, -0.15) is 0 Å². The number of halogens is 2. The van der Waals surface area contributed by atoms with Crippen LogP contribution in [0, 0.1) is 3.57 Å². The molecule has 0 bridgehead atoms. The van der Waals surface area contributed by atoms with E-state index < -0.39 is 0 Å². The van der Waals surface area contributed by atoms with Gasteiger partial charge < -0.3 is 11.5 Å². The molecule has 1 unspecified atom stereocenters.